The highest BCUT2D eigenvalue weighted by atomic mass is 16.5. The molecule has 0 amide bonds. The third-order valence-corrected chi connectivity index (χ3v) is 5.72. The Kier molecular flexibility index (Phi) is 8.14. The maximum atomic E-state index is 11.4. The predicted molar refractivity (Wildman–Crippen MR) is 128 cm³/mol. The fourth-order valence-electron chi connectivity index (χ4n) is 4.17. The lowest BCUT2D eigenvalue weighted by Crippen LogP contribution is -2.56. The zero-order chi connectivity index (χ0) is 26.1. The number of nitrogens with one attached hydrogen (secondary N) is 2. The normalized spacial score (nSPS) is 16.6. The van der Waals surface area contributed by atoms with E-state index in [1.165, 1.54) is 0 Å². The van der Waals surface area contributed by atoms with Gasteiger partial charge in [0.05, 0.1) is 25.2 Å². The van der Waals surface area contributed by atoms with Gasteiger partial charge < -0.3 is 25.4 Å². The minimum Gasteiger partial charge on any atom is -0.480 e. The van der Waals surface area contributed by atoms with E-state index in [0.717, 1.165) is 5.69 Å². The van der Waals surface area contributed by atoms with Gasteiger partial charge in [-0.25, -0.2) is 0 Å². The van der Waals surface area contributed by atoms with E-state index >= 15 is 0 Å². The average Bonchev–Trinajstić information content (AvgIpc) is 2.98. The second-order valence-electron chi connectivity index (χ2n) is 8.37. The highest BCUT2D eigenvalue weighted by Crippen LogP contribution is 2.30. The number of nitrogens with zero attached hydrogens (tertiary/aromatic N) is 2. The topological polar surface area (TPSA) is 152 Å². The molecule has 1 saturated heterocycles. The highest BCUT2D eigenvalue weighted by molar-refractivity contribution is 5.70. The molecule has 2 aromatic carbocycles. The van der Waals surface area contributed by atoms with Crippen molar-refractivity contribution in [2.24, 2.45) is 0 Å². The van der Waals surface area contributed by atoms with Crippen LogP contribution in [0.1, 0.15) is 6.93 Å². The van der Waals surface area contributed by atoms with E-state index in [0.29, 0.717) is 30.2 Å². The number of hydrogen-bond acceptors (Lipinski definition) is 8. The van der Waals surface area contributed by atoms with Gasteiger partial charge in [-0.15, -0.1) is 0 Å². The first-order chi connectivity index (χ1) is 17.2. The van der Waals surface area contributed by atoms with Crippen molar-refractivity contribution in [3.05, 3.63) is 54.1 Å². The van der Waals surface area contributed by atoms with Gasteiger partial charge in [-0.2, -0.15) is 0 Å². The summed E-state index contributed by atoms with van der Waals surface area (Å²) in [6, 6.07) is 14.1. The summed E-state index contributed by atoms with van der Waals surface area (Å²) in [5.74, 6) is -2.02. The van der Waals surface area contributed by atoms with Crippen LogP contribution in [0.3, 0.4) is 0 Å². The Morgan fingerprint density at radius 1 is 0.886 bits per heavy atom. The SMILES string of the molecule is [3H]CNc1ccc(Oc2ccc(C3(NCC(=O)O)CN(CC(=O)O)CCN(CC(=O)O)C3)cc2)cc1. The molecule has 0 saturated carbocycles. The van der Waals surface area contributed by atoms with Crippen molar-refractivity contribution in [3.8, 4) is 11.5 Å². The van der Waals surface area contributed by atoms with E-state index in [4.69, 9.17) is 6.11 Å². The van der Waals surface area contributed by atoms with E-state index in [1.54, 1.807) is 58.3 Å². The minimum atomic E-state index is -1.09. The molecule has 11 heteroatoms. The Morgan fingerprint density at radius 3 is 1.86 bits per heavy atom. The molecule has 2 aromatic rings. The lowest BCUT2D eigenvalue weighted by atomic mass is 9.88. The predicted octanol–water partition coefficient (Wildman–Crippen LogP) is 1.18. The number of carboxylic acid groups (broad SMARTS) is 3. The maximum Gasteiger partial charge on any atom is 0.317 e. The molecular formula is C24H30N4O7. The van der Waals surface area contributed by atoms with Crippen LogP contribution in [-0.4, -0.2) is 95.9 Å². The quantitative estimate of drug-likeness (QED) is 0.310. The lowest BCUT2D eigenvalue weighted by molar-refractivity contribution is -0.139. The van der Waals surface area contributed by atoms with Crippen LogP contribution in [0.5, 0.6) is 11.5 Å². The van der Waals surface area contributed by atoms with Crippen LogP contribution >= 0.6 is 0 Å². The molecule has 0 aromatic heterocycles. The van der Waals surface area contributed by atoms with Crippen molar-refractivity contribution in [3.63, 3.8) is 0 Å². The molecule has 1 aliphatic rings. The minimum absolute atomic E-state index is 0.0626. The number of carbonyl (C=O) groups is 3. The molecule has 1 aliphatic heterocycles. The van der Waals surface area contributed by atoms with E-state index in [9.17, 15) is 29.7 Å². The summed E-state index contributed by atoms with van der Waals surface area (Å²) in [7, 11) is 0.0626. The molecule has 35 heavy (non-hydrogen) atoms. The summed E-state index contributed by atoms with van der Waals surface area (Å²) in [4.78, 5) is 37.7. The molecule has 0 aliphatic carbocycles. The fourth-order valence-corrected chi connectivity index (χ4v) is 4.17. The average molecular weight is 489 g/mol. The van der Waals surface area contributed by atoms with Gasteiger partial charge in [0.25, 0.3) is 0 Å². The lowest BCUT2D eigenvalue weighted by Gasteiger charge is -2.38. The van der Waals surface area contributed by atoms with Crippen LogP contribution in [0.15, 0.2) is 48.5 Å². The van der Waals surface area contributed by atoms with E-state index < -0.39 is 30.0 Å². The van der Waals surface area contributed by atoms with Crippen LogP contribution in [-0.2, 0) is 19.9 Å². The molecule has 0 spiro atoms. The van der Waals surface area contributed by atoms with Gasteiger partial charge >= 0.3 is 17.9 Å². The number of aliphatic carboxylic acids is 3. The number of ether oxygens (including phenoxy) is 1. The van der Waals surface area contributed by atoms with Gasteiger partial charge in [0.1, 0.15) is 11.5 Å². The molecule has 0 radical (unpaired) electrons. The van der Waals surface area contributed by atoms with Gasteiger partial charge in [0, 0.05) is 40.3 Å². The second-order valence-corrected chi connectivity index (χ2v) is 8.37. The number of hydrogen-bond donors (Lipinski definition) is 5. The number of carboxylic acids is 3. The fraction of sp³-hybridized carbons (Fsp3) is 0.375. The molecule has 0 unspecified atom stereocenters. The Bertz CT molecular complexity index is 1020. The Labute approximate surface area is 204 Å². The third-order valence-electron chi connectivity index (χ3n) is 5.72. The molecule has 1 fully saturated rings. The summed E-state index contributed by atoms with van der Waals surface area (Å²) in [6.07, 6.45) is 0. The molecule has 1 heterocycles. The van der Waals surface area contributed by atoms with Crippen LogP contribution < -0.4 is 15.4 Å². The third kappa shape index (κ3) is 7.41. The summed E-state index contributed by atoms with van der Waals surface area (Å²) in [6.45, 7) is 0.0809. The van der Waals surface area contributed by atoms with Gasteiger partial charge in [0.15, 0.2) is 0 Å². The van der Waals surface area contributed by atoms with E-state index in [2.05, 4.69) is 10.6 Å². The van der Waals surface area contributed by atoms with Gasteiger partial charge in [0.2, 0.25) is 0 Å². The van der Waals surface area contributed by atoms with Crippen molar-refractivity contribution < 1.29 is 35.8 Å². The standard InChI is InChI=1S/C24H30N4O7/c1-25-18-4-8-20(9-5-18)35-19-6-2-17(3-7-19)24(26-12-21(29)30)15-27(13-22(31)32)10-11-28(16-24)14-23(33)34/h2-9,25-26H,10-16H2,1H3,(H,29,30)(H,31,32)(H,33,34)/i1T. The van der Waals surface area contributed by atoms with Crippen molar-refractivity contribution in [2.45, 2.75) is 5.54 Å². The first kappa shape index (κ1) is 24.5. The Morgan fingerprint density at radius 2 is 1.40 bits per heavy atom. The molecular weight excluding hydrogens is 456 g/mol. The van der Waals surface area contributed by atoms with Crippen LogP contribution in [0, 0.1) is 0 Å². The van der Waals surface area contributed by atoms with E-state index in [-0.39, 0.29) is 33.2 Å². The van der Waals surface area contributed by atoms with Crippen molar-refractivity contribution in [1.29, 1.82) is 0 Å². The van der Waals surface area contributed by atoms with E-state index in [1.807, 2.05) is 0 Å². The zero-order valence-electron chi connectivity index (χ0n) is 20.1. The number of anilines is 1. The van der Waals surface area contributed by atoms with Gasteiger partial charge in [-0.3, -0.25) is 29.5 Å². The van der Waals surface area contributed by atoms with Crippen LogP contribution in [0.4, 0.5) is 5.69 Å². The Balaban J connectivity index is 1.89. The highest BCUT2D eigenvalue weighted by Gasteiger charge is 2.39. The first-order valence-electron chi connectivity index (χ1n) is 11.7. The smallest absolute Gasteiger partial charge is 0.317 e. The summed E-state index contributed by atoms with van der Waals surface area (Å²) in [5.41, 5.74) is 0.435. The summed E-state index contributed by atoms with van der Waals surface area (Å²) < 4.78 is 13.1. The summed E-state index contributed by atoms with van der Waals surface area (Å²) in [5, 5.41) is 34.0. The van der Waals surface area contributed by atoms with Crippen LogP contribution in [0.2, 0.25) is 0 Å². The van der Waals surface area contributed by atoms with Crippen molar-refractivity contribution in [2.75, 3.05) is 58.2 Å². The zero-order valence-corrected chi connectivity index (χ0v) is 19.1. The van der Waals surface area contributed by atoms with Gasteiger partial charge in [-0.1, -0.05) is 12.1 Å². The van der Waals surface area contributed by atoms with Crippen molar-refractivity contribution >= 4 is 23.6 Å². The largest absolute Gasteiger partial charge is 0.480 e. The molecule has 188 valence electrons. The Hall–Kier alpha value is -3.67. The second kappa shape index (κ2) is 11.6. The van der Waals surface area contributed by atoms with Crippen LogP contribution in [0.25, 0.3) is 0 Å². The maximum absolute atomic E-state index is 11.4. The number of benzene rings is 2. The number of rotatable bonds is 11. The molecule has 0 bridgehead atoms. The first-order valence-corrected chi connectivity index (χ1v) is 11.0. The molecule has 5 N–H and O–H groups in total. The molecule has 11 nitrogen and oxygen atoms in total. The monoisotopic (exact) mass is 488 g/mol. The van der Waals surface area contributed by atoms with Gasteiger partial charge in [-0.05, 0) is 42.0 Å². The summed E-state index contributed by atoms with van der Waals surface area (Å²) >= 11 is 0. The van der Waals surface area contributed by atoms with Crippen molar-refractivity contribution in [1.82, 2.24) is 15.1 Å². The molecule has 3 rings (SSSR count). The molecule has 0 atom stereocenters.